The highest BCUT2D eigenvalue weighted by Gasteiger charge is 2.26. The predicted octanol–water partition coefficient (Wildman–Crippen LogP) is 3.35. The molecule has 3 N–H and O–H groups in total. The Labute approximate surface area is 153 Å². The number of aliphatic imine (C=N–C) groups is 1. The zero-order valence-electron chi connectivity index (χ0n) is 12.8. The number of nitrogens with one attached hydrogen (secondary N) is 1. The average Bonchev–Trinajstić information content (AvgIpc) is 3.04. The lowest BCUT2D eigenvalue weighted by Gasteiger charge is -2.13. The first-order valence-electron chi connectivity index (χ1n) is 7.49. The van der Waals surface area contributed by atoms with E-state index in [1.807, 2.05) is 36.4 Å². The Bertz CT molecular complexity index is 621. The van der Waals surface area contributed by atoms with E-state index in [1.165, 1.54) is 5.56 Å². The number of hydrogen-bond acceptors (Lipinski definition) is 3. The van der Waals surface area contributed by atoms with Crippen LogP contribution in [0.25, 0.3) is 0 Å². The highest BCUT2D eigenvalue weighted by molar-refractivity contribution is 14.0. The van der Waals surface area contributed by atoms with Gasteiger partial charge in [-0.25, -0.2) is 4.98 Å². The summed E-state index contributed by atoms with van der Waals surface area (Å²) >= 11 is 0. The maximum Gasteiger partial charge on any atom is 0.194 e. The summed E-state index contributed by atoms with van der Waals surface area (Å²) in [7, 11) is 0. The van der Waals surface area contributed by atoms with Gasteiger partial charge in [-0.1, -0.05) is 36.4 Å². The second-order valence-corrected chi connectivity index (χ2v) is 5.30. The van der Waals surface area contributed by atoms with Crippen LogP contribution in [0, 0.1) is 0 Å². The van der Waals surface area contributed by atoms with Gasteiger partial charge in [-0.15, -0.1) is 24.0 Å². The van der Waals surface area contributed by atoms with E-state index in [0.29, 0.717) is 18.3 Å². The summed E-state index contributed by atoms with van der Waals surface area (Å²) in [5.41, 5.74) is 7.10. The van der Waals surface area contributed by atoms with E-state index in [-0.39, 0.29) is 36.2 Å². The maximum atomic E-state index is 6.04. The molecule has 0 unspecified atom stereocenters. The Hall–Kier alpha value is -1.67. The summed E-state index contributed by atoms with van der Waals surface area (Å²) < 4.78 is 6.04. The van der Waals surface area contributed by atoms with Crippen LogP contribution in [-0.4, -0.2) is 23.6 Å². The van der Waals surface area contributed by atoms with Crippen molar-refractivity contribution in [1.82, 2.24) is 4.98 Å². The summed E-state index contributed by atoms with van der Waals surface area (Å²) in [5, 5.41) is 2.97. The zero-order chi connectivity index (χ0) is 15.2. The predicted molar refractivity (Wildman–Crippen MR) is 103 cm³/mol. The van der Waals surface area contributed by atoms with Gasteiger partial charge in [0, 0.05) is 6.20 Å². The second kappa shape index (κ2) is 8.83. The van der Waals surface area contributed by atoms with Crippen molar-refractivity contribution in [2.24, 2.45) is 10.7 Å². The van der Waals surface area contributed by atoms with Gasteiger partial charge >= 0.3 is 0 Å². The molecule has 5 nitrogen and oxygen atoms in total. The SMILES string of the molecule is I.NC(=NC[C@H]1CC[C@@H](c2ccccc2)O1)Nc1ccccn1. The van der Waals surface area contributed by atoms with Gasteiger partial charge in [0.1, 0.15) is 5.82 Å². The molecule has 23 heavy (non-hydrogen) atoms. The molecular weight excluding hydrogens is 403 g/mol. The van der Waals surface area contributed by atoms with Crippen molar-refractivity contribution in [3.8, 4) is 0 Å². The van der Waals surface area contributed by atoms with Gasteiger partial charge in [-0.2, -0.15) is 0 Å². The van der Waals surface area contributed by atoms with Crippen LogP contribution in [0.4, 0.5) is 5.82 Å². The van der Waals surface area contributed by atoms with Gasteiger partial charge < -0.3 is 15.8 Å². The molecule has 2 heterocycles. The highest BCUT2D eigenvalue weighted by atomic mass is 127. The quantitative estimate of drug-likeness (QED) is 0.449. The topological polar surface area (TPSA) is 72.5 Å². The van der Waals surface area contributed by atoms with E-state index < -0.39 is 0 Å². The van der Waals surface area contributed by atoms with E-state index in [0.717, 1.165) is 12.8 Å². The number of pyridine rings is 1. The Morgan fingerprint density at radius 1 is 1.17 bits per heavy atom. The molecule has 0 saturated carbocycles. The van der Waals surface area contributed by atoms with Crippen molar-refractivity contribution < 1.29 is 4.74 Å². The van der Waals surface area contributed by atoms with E-state index in [2.05, 4.69) is 27.4 Å². The monoisotopic (exact) mass is 424 g/mol. The van der Waals surface area contributed by atoms with Crippen LogP contribution in [0.15, 0.2) is 59.7 Å². The van der Waals surface area contributed by atoms with Gasteiger partial charge in [0.15, 0.2) is 5.96 Å². The standard InChI is InChI=1S/C17H20N4O.HI/c18-17(21-16-8-4-5-11-19-16)20-12-14-9-10-15(22-14)13-6-2-1-3-7-13;/h1-8,11,14-15H,9-10,12H2,(H3,18,19,20,21);1H/t14-,15+;/m1./s1. The zero-order valence-corrected chi connectivity index (χ0v) is 15.1. The van der Waals surface area contributed by atoms with Gasteiger partial charge in [0.05, 0.1) is 18.8 Å². The molecule has 0 spiro atoms. The summed E-state index contributed by atoms with van der Waals surface area (Å²) in [5.74, 6) is 1.06. The van der Waals surface area contributed by atoms with E-state index in [4.69, 9.17) is 10.5 Å². The molecule has 3 rings (SSSR count). The first-order chi connectivity index (χ1) is 10.8. The Morgan fingerprint density at radius 3 is 2.70 bits per heavy atom. The van der Waals surface area contributed by atoms with Crippen LogP contribution in [-0.2, 0) is 4.74 Å². The van der Waals surface area contributed by atoms with Crippen LogP contribution >= 0.6 is 24.0 Å². The van der Waals surface area contributed by atoms with Crippen molar-refractivity contribution in [3.63, 3.8) is 0 Å². The summed E-state index contributed by atoms with van der Waals surface area (Å²) in [6, 6.07) is 15.9. The average molecular weight is 424 g/mol. The third-order valence-corrected chi connectivity index (χ3v) is 3.67. The number of aromatic nitrogens is 1. The van der Waals surface area contributed by atoms with Crippen LogP contribution in [0.2, 0.25) is 0 Å². The van der Waals surface area contributed by atoms with Crippen molar-refractivity contribution in [2.45, 2.75) is 25.0 Å². The smallest absolute Gasteiger partial charge is 0.194 e. The summed E-state index contributed by atoms with van der Waals surface area (Å²) in [6.07, 6.45) is 4.03. The molecule has 122 valence electrons. The summed E-state index contributed by atoms with van der Waals surface area (Å²) in [6.45, 7) is 0.564. The third kappa shape index (κ3) is 5.18. The molecule has 0 aliphatic carbocycles. The first kappa shape index (κ1) is 17.7. The number of rotatable bonds is 4. The molecule has 0 radical (unpaired) electrons. The Balaban J connectivity index is 0.00000192. The minimum atomic E-state index is 0. The van der Waals surface area contributed by atoms with Crippen LogP contribution in [0.5, 0.6) is 0 Å². The number of guanidine groups is 1. The van der Waals surface area contributed by atoms with Gasteiger partial charge in [-0.05, 0) is 30.5 Å². The molecule has 0 amide bonds. The van der Waals surface area contributed by atoms with Gasteiger partial charge in [-0.3, -0.25) is 4.99 Å². The number of nitrogens with zero attached hydrogens (tertiary/aromatic N) is 2. The highest BCUT2D eigenvalue weighted by Crippen LogP contribution is 2.32. The largest absolute Gasteiger partial charge is 0.370 e. The molecular formula is C17H21IN4O. The lowest BCUT2D eigenvalue weighted by atomic mass is 10.1. The van der Waals surface area contributed by atoms with E-state index in [9.17, 15) is 0 Å². The normalized spacial score (nSPS) is 20.8. The minimum absolute atomic E-state index is 0. The van der Waals surface area contributed by atoms with Crippen molar-refractivity contribution in [3.05, 3.63) is 60.3 Å². The molecule has 1 fully saturated rings. The number of nitrogens with two attached hydrogens (primary N) is 1. The number of halogens is 1. The van der Waals surface area contributed by atoms with E-state index >= 15 is 0 Å². The van der Waals surface area contributed by atoms with Crippen molar-refractivity contribution >= 4 is 35.8 Å². The molecule has 1 aliphatic heterocycles. The molecule has 6 heteroatoms. The fourth-order valence-electron chi connectivity index (χ4n) is 2.56. The fraction of sp³-hybridized carbons (Fsp3) is 0.294. The maximum absolute atomic E-state index is 6.04. The summed E-state index contributed by atoms with van der Waals surface area (Å²) in [4.78, 5) is 8.49. The lowest BCUT2D eigenvalue weighted by Crippen LogP contribution is -2.25. The molecule has 2 atom stereocenters. The molecule has 2 aromatic rings. The van der Waals surface area contributed by atoms with Crippen LogP contribution in [0.3, 0.4) is 0 Å². The third-order valence-electron chi connectivity index (χ3n) is 3.67. The molecule has 1 saturated heterocycles. The van der Waals surface area contributed by atoms with E-state index in [1.54, 1.807) is 6.20 Å². The minimum Gasteiger partial charge on any atom is -0.370 e. The fourth-order valence-corrected chi connectivity index (χ4v) is 2.56. The number of benzene rings is 1. The number of anilines is 1. The van der Waals surface area contributed by atoms with Crippen molar-refractivity contribution in [1.29, 1.82) is 0 Å². The molecule has 0 bridgehead atoms. The van der Waals surface area contributed by atoms with Gasteiger partial charge in [0.2, 0.25) is 0 Å². The lowest BCUT2D eigenvalue weighted by molar-refractivity contribution is 0.0501. The Morgan fingerprint density at radius 2 is 1.96 bits per heavy atom. The van der Waals surface area contributed by atoms with Gasteiger partial charge in [0.25, 0.3) is 0 Å². The van der Waals surface area contributed by atoms with Crippen molar-refractivity contribution in [2.75, 3.05) is 11.9 Å². The second-order valence-electron chi connectivity index (χ2n) is 5.30. The molecule has 1 aliphatic rings. The number of ether oxygens (including phenoxy) is 1. The van der Waals surface area contributed by atoms with Crippen LogP contribution in [0.1, 0.15) is 24.5 Å². The number of hydrogen-bond donors (Lipinski definition) is 2. The first-order valence-corrected chi connectivity index (χ1v) is 7.49. The van der Waals surface area contributed by atoms with Crippen LogP contribution < -0.4 is 11.1 Å². The molecule has 1 aromatic carbocycles. The Kier molecular flexibility index (Phi) is 6.79. The molecule has 1 aromatic heterocycles.